The summed E-state index contributed by atoms with van der Waals surface area (Å²) in [5, 5.41) is 3.20. The standard InChI is InChI=1S/C13H16BrN5O2/c1-20-9-4-3-8(5-10(9)21-2)6-16-12-11(14)13(19-15)18-7-17-12/h3-5,7H,6,15H2,1-2H3,(H2,16,17,18,19). The average molecular weight is 354 g/mol. The first kappa shape index (κ1) is 15.3. The first-order chi connectivity index (χ1) is 10.2. The Balaban J connectivity index is 2.13. The lowest BCUT2D eigenvalue weighted by Gasteiger charge is -2.12. The Hall–Kier alpha value is -2.06. The maximum absolute atomic E-state index is 5.37. The van der Waals surface area contributed by atoms with Crippen molar-refractivity contribution in [3.8, 4) is 11.5 Å². The smallest absolute Gasteiger partial charge is 0.161 e. The van der Waals surface area contributed by atoms with Crippen LogP contribution in [0.2, 0.25) is 0 Å². The van der Waals surface area contributed by atoms with Crippen molar-refractivity contribution in [1.29, 1.82) is 0 Å². The molecule has 0 spiro atoms. The quantitative estimate of drug-likeness (QED) is 0.541. The molecule has 0 fully saturated rings. The van der Waals surface area contributed by atoms with Gasteiger partial charge in [-0.3, -0.25) is 0 Å². The minimum atomic E-state index is 0.514. The van der Waals surface area contributed by atoms with E-state index in [1.807, 2.05) is 18.2 Å². The topological polar surface area (TPSA) is 94.3 Å². The zero-order valence-corrected chi connectivity index (χ0v) is 13.3. The molecule has 0 radical (unpaired) electrons. The van der Waals surface area contributed by atoms with Gasteiger partial charge in [0.15, 0.2) is 17.3 Å². The predicted molar refractivity (Wildman–Crippen MR) is 84.4 cm³/mol. The van der Waals surface area contributed by atoms with E-state index in [9.17, 15) is 0 Å². The van der Waals surface area contributed by atoms with Gasteiger partial charge in [-0.15, -0.1) is 0 Å². The molecule has 112 valence electrons. The van der Waals surface area contributed by atoms with Crippen LogP contribution in [0.25, 0.3) is 0 Å². The second kappa shape index (κ2) is 7.09. The fraction of sp³-hybridized carbons (Fsp3) is 0.231. The number of ether oxygens (including phenoxy) is 2. The number of nitrogen functional groups attached to an aromatic ring is 1. The maximum atomic E-state index is 5.37. The van der Waals surface area contributed by atoms with Crippen LogP contribution in [0.1, 0.15) is 5.56 Å². The van der Waals surface area contributed by atoms with Gasteiger partial charge in [0.1, 0.15) is 16.6 Å². The van der Waals surface area contributed by atoms with Gasteiger partial charge in [-0.25, -0.2) is 15.8 Å². The van der Waals surface area contributed by atoms with E-state index in [2.05, 4.69) is 36.6 Å². The van der Waals surface area contributed by atoms with Gasteiger partial charge in [0.05, 0.1) is 14.2 Å². The van der Waals surface area contributed by atoms with Crippen LogP contribution in [-0.2, 0) is 6.54 Å². The number of rotatable bonds is 6. The Morgan fingerprint density at radius 1 is 1.14 bits per heavy atom. The fourth-order valence-electron chi connectivity index (χ4n) is 1.77. The molecule has 7 nitrogen and oxygen atoms in total. The Morgan fingerprint density at radius 3 is 2.52 bits per heavy atom. The zero-order chi connectivity index (χ0) is 15.2. The van der Waals surface area contributed by atoms with Crippen LogP contribution >= 0.6 is 15.9 Å². The van der Waals surface area contributed by atoms with Gasteiger partial charge >= 0.3 is 0 Å². The molecule has 1 aromatic heterocycles. The lowest BCUT2D eigenvalue weighted by Crippen LogP contribution is -2.11. The largest absolute Gasteiger partial charge is 0.493 e. The summed E-state index contributed by atoms with van der Waals surface area (Å²) >= 11 is 3.39. The number of hydrogen-bond donors (Lipinski definition) is 3. The summed E-state index contributed by atoms with van der Waals surface area (Å²) < 4.78 is 11.2. The van der Waals surface area contributed by atoms with Crippen molar-refractivity contribution < 1.29 is 9.47 Å². The molecule has 0 saturated carbocycles. The minimum Gasteiger partial charge on any atom is -0.493 e. The molecule has 1 heterocycles. The molecule has 1 aromatic carbocycles. The normalized spacial score (nSPS) is 10.1. The van der Waals surface area contributed by atoms with Gasteiger partial charge in [-0.2, -0.15) is 0 Å². The molecule has 0 aliphatic heterocycles. The van der Waals surface area contributed by atoms with Crippen LogP contribution in [0.3, 0.4) is 0 Å². The molecule has 21 heavy (non-hydrogen) atoms. The average Bonchev–Trinajstić information content (AvgIpc) is 2.53. The number of hydrogen-bond acceptors (Lipinski definition) is 7. The summed E-state index contributed by atoms with van der Waals surface area (Å²) in [5.74, 6) is 7.90. The third kappa shape index (κ3) is 3.53. The highest BCUT2D eigenvalue weighted by atomic mass is 79.9. The Morgan fingerprint density at radius 2 is 1.86 bits per heavy atom. The molecule has 0 unspecified atom stereocenters. The summed E-state index contributed by atoms with van der Waals surface area (Å²) in [6.45, 7) is 0.569. The van der Waals surface area contributed by atoms with Crippen LogP contribution < -0.4 is 26.1 Å². The van der Waals surface area contributed by atoms with Crippen molar-refractivity contribution in [2.45, 2.75) is 6.54 Å². The van der Waals surface area contributed by atoms with Gasteiger partial charge in [-0.1, -0.05) is 6.07 Å². The number of nitrogens with one attached hydrogen (secondary N) is 2. The summed E-state index contributed by atoms with van der Waals surface area (Å²) in [6, 6.07) is 5.71. The van der Waals surface area contributed by atoms with E-state index in [1.165, 1.54) is 6.33 Å². The number of nitrogens with zero attached hydrogens (tertiary/aromatic N) is 2. The van der Waals surface area contributed by atoms with Crippen molar-refractivity contribution in [3.63, 3.8) is 0 Å². The van der Waals surface area contributed by atoms with Crippen molar-refractivity contribution in [2.24, 2.45) is 5.84 Å². The summed E-state index contributed by atoms with van der Waals surface area (Å²) in [7, 11) is 3.21. The van der Waals surface area contributed by atoms with Crippen molar-refractivity contribution in [3.05, 3.63) is 34.6 Å². The highest BCUT2D eigenvalue weighted by Crippen LogP contribution is 2.29. The molecular formula is C13H16BrN5O2. The van der Waals surface area contributed by atoms with Crippen LogP contribution in [0.15, 0.2) is 29.0 Å². The number of methoxy groups -OCH3 is 2. The maximum Gasteiger partial charge on any atom is 0.161 e. The second-order valence-electron chi connectivity index (χ2n) is 4.07. The number of anilines is 2. The molecule has 0 amide bonds. The number of benzene rings is 1. The molecule has 0 aliphatic carbocycles. The Kier molecular flexibility index (Phi) is 5.18. The third-order valence-corrected chi connectivity index (χ3v) is 3.59. The van der Waals surface area contributed by atoms with Crippen molar-refractivity contribution in [2.75, 3.05) is 25.0 Å². The van der Waals surface area contributed by atoms with E-state index in [4.69, 9.17) is 15.3 Å². The number of nitrogens with two attached hydrogens (primary N) is 1. The molecule has 4 N–H and O–H groups in total. The first-order valence-corrected chi connectivity index (χ1v) is 6.90. The molecule has 8 heteroatoms. The number of hydrazine groups is 1. The summed E-state index contributed by atoms with van der Waals surface area (Å²) in [6.07, 6.45) is 1.43. The SMILES string of the molecule is COc1ccc(CNc2ncnc(NN)c2Br)cc1OC. The molecule has 2 aromatic rings. The van der Waals surface area contributed by atoms with Crippen LogP contribution in [0, 0.1) is 0 Å². The highest BCUT2D eigenvalue weighted by Gasteiger charge is 2.08. The van der Waals surface area contributed by atoms with Gasteiger partial charge in [0.25, 0.3) is 0 Å². The Labute approximate surface area is 131 Å². The monoisotopic (exact) mass is 353 g/mol. The van der Waals surface area contributed by atoms with Crippen LogP contribution in [0.5, 0.6) is 11.5 Å². The lowest BCUT2D eigenvalue weighted by atomic mass is 10.2. The predicted octanol–water partition coefficient (Wildman–Crippen LogP) is 2.15. The molecular weight excluding hydrogens is 338 g/mol. The Bertz CT molecular complexity index is 624. The number of aromatic nitrogens is 2. The van der Waals surface area contributed by atoms with Crippen LogP contribution in [-0.4, -0.2) is 24.2 Å². The first-order valence-electron chi connectivity index (χ1n) is 6.11. The highest BCUT2D eigenvalue weighted by molar-refractivity contribution is 9.10. The number of halogens is 1. The van der Waals surface area contributed by atoms with E-state index in [-0.39, 0.29) is 0 Å². The van der Waals surface area contributed by atoms with Gasteiger partial charge in [0.2, 0.25) is 0 Å². The van der Waals surface area contributed by atoms with Crippen LogP contribution in [0.4, 0.5) is 11.6 Å². The van der Waals surface area contributed by atoms with E-state index in [0.717, 1.165) is 5.56 Å². The minimum absolute atomic E-state index is 0.514. The van der Waals surface area contributed by atoms with Gasteiger partial charge < -0.3 is 20.2 Å². The summed E-state index contributed by atoms with van der Waals surface area (Å²) in [4.78, 5) is 8.15. The zero-order valence-electron chi connectivity index (χ0n) is 11.7. The van der Waals surface area contributed by atoms with Crippen molar-refractivity contribution >= 4 is 27.6 Å². The van der Waals surface area contributed by atoms with E-state index in [0.29, 0.717) is 34.2 Å². The second-order valence-corrected chi connectivity index (χ2v) is 4.87. The molecule has 0 aliphatic rings. The van der Waals surface area contributed by atoms with Gasteiger partial charge in [-0.05, 0) is 33.6 Å². The molecule has 0 atom stereocenters. The third-order valence-electron chi connectivity index (χ3n) is 2.83. The fourth-order valence-corrected chi connectivity index (χ4v) is 2.23. The van der Waals surface area contributed by atoms with E-state index >= 15 is 0 Å². The summed E-state index contributed by atoms with van der Waals surface area (Å²) in [5.41, 5.74) is 3.52. The van der Waals surface area contributed by atoms with E-state index in [1.54, 1.807) is 14.2 Å². The van der Waals surface area contributed by atoms with Gasteiger partial charge in [0, 0.05) is 6.54 Å². The van der Waals surface area contributed by atoms with E-state index < -0.39 is 0 Å². The van der Waals surface area contributed by atoms with Crippen molar-refractivity contribution in [1.82, 2.24) is 9.97 Å². The lowest BCUT2D eigenvalue weighted by molar-refractivity contribution is 0.354. The molecule has 0 saturated heterocycles. The molecule has 2 rings (SSSR count). The molecule has 0 bridgehead atoms.